The van der Waals surface area contributed by atoms with Crippen LogP contribution in [-0.2, 0) is 11.3 Å². The van der Waals surface area contributed by atoms with Gasteiger partial charge in [-0.15, -0.1) is 22.7 Å². The quantitative estimate of drug-likeness (QED) is 0.397. The summed E-state index contributed by atoms with van der Waals surface area (Å²) in [6.45, 7) is 8.01. The molecule has 0 unspecified atom stereocenters. The number of carbonyl (C=O) groups excluding carboxylic acids is 2. The minimum absolute atomic E-state index is 0.0630. The molecule has 0 aliphatic heterocycles. The van der Waals surface area contributed by atoms with Gasteiger partial charge < -0.3 is 5.32 Å². The number of anilines is 1. The average Bonchev–Trinajstić information content (AvgIpc) is 3.51. The van der Waals surface area contributed by atoms with E-state index in [1.807, 2.05) is 51.1 Å². The lowest BCUT2D eigenvalue weighted by molar-refractivity contribution is -0.119. The van der Waals surface area contributed by atoms with Gasteiger partial charge in [0.05, 0.1) is 34.6 Å². The second kappa shape index (κ2) is 9.63. The number of aryl methyl sites for hydroxylation is 1. The van der Waals surface area contributed by atoms with Crippen molar-refractivity contribution in [3.05, 3.63) is 63.7 Å². The predicted molar refractivity (Wildman–Crippen MR) is 131 cm³/mol. The number of nitrogens with one attached hydrogen (secondary N) is 2. The van der Waals surface area contributed by atoms with E-state index in [9.17, 15) is 9.59 Å². The smallest absolute Gasteiger partial charge is 0.260 e. The summed E-state index contributed by atoms with van der Waals surface area (Å²) in [5.41, 5.74) is 2.13. The molecule has 0 aromatic carbocycles. The molecule has 4 rings (SSSR count). The summed E-state index contributed by atoms with van der Waals surface area (Å²) in [6, 6.07) is 9.56. The average molecular weight is 481 g/mol. The molecule has 170 valence electrons. The molecule has 0 fully saturated rings. The monoisotopic (exact) mass is 480 g/mol. The van der Waals surface area contributed by atoms with Gasteiger partial charge in [0.2, 0.25) is 5.91 Å². The highest BCUT2D eigenvalue weighted by Crippen LogP contribution is 2.35. The van der Waals surface area contributed by atoms with Crippen LogP contribution in [0.15, 0.2) is 42.7 Å². The number of nitrogens with zero attached hydrogens (tertiary/aromatic N) is 4. The molecule has 0 atom stereocenters. The van der Waals surface area contributed by atoms with E-state index >= 15 is 0 Å². The first-order valence-corrected chi connectivity index (χ1v) is 12.1. The van der Waals surface area contributed by atoms with Crippen molar-refractivity contribution in [2.45, 2.75) is 40.2 Å². The normalized spacial score (nSPS) is 11.1. The highest BCUT2D eigenvalue weighted by atomic mass is 32.1. The lowest BCUT2D eigenvalue weighted by atomic mass is 10.1. The zero-order chi connectivity index (χ0) is 23.5. The third kappa shape index (κ3) is 5.01. The summed E-state index contributed by atoms with van der Waals surface area (Å²) in [7, 11) is 0. The van der Waals surface area contributed by atoms with E-state index < -0.39 is 0 Å². The van der Waals surface area contributed by atoms with Gasteiger partial charge in [0.15, 0.2) is 10.9 Å². The van der Waals surface area contributed by atoms with Gasteiger partial charge in [-0.2, -0.15) is 5.10 Å². The molecule has 10 heteroatoms. The van der Waals surface area contributed by atoms with Gasteiger partial charge in [-0.3, -0.25) is 14.9 Å². The van der Waals surface area contributed by atoms with Crippen LogP contribution in [0.1, 0.15) is 52.5 Å². The van der Waals surface area contributed by atoms with Crippen LogP contribution in [0.5, 0.6) is 0 Å². The SMILES string of the molecule is CC(=O)NCc1ccc(-c2nc(NC(=O)c3cnn(-c4ccccn4)c3C(C)C)sc2C)s1. The number of hydrogen-bond acceptors (Lipinski definition) is 7. The molecular weight excluding hydrogens is 456 g/mol. The summed E-state index contributed by atoms with van der Waals surface area (Å²) >= 11 is 3.01. The maximum Gasteiger partial charge on any atom is 0.260 e. The molecule has 4 aromatic rings. The Morgan fingerprint density at radius 2 is 1.97 bits per heavy atom. The molecule has 0 aliphatic rings. The number of hydrogen-bond donors (Lipinski definition) is 2. The van der Waals surface area contributed by atoms with E-state index in [2.05, 4.69) is 25.7 Å². The first-order chi connectivity index (χ1) is 15.8. The Bertz CT molecular complexity index is 1290. The zero-order valence-corrected chi connectivity index (χ0v) is 20.4. The Kier molecular flexibility index (Phi) is 6.66. The molecule has 2 amide bonds. The predicted octanol–water partition coefficient (Wildman–Crippen LogP) is 4.77. The molecule has 0 bridgehead atoms. The van der Waals surface area contributed by atoms with E-state index in [1.54, 1.807) is 28.4 Å². The summed E-state index contributed by atoms with van der Waals surface area (Å²) < 4.78 is 1.71. The van der Waals surface area contributed by atoms with Crippen molar-refractivity contribution in [3.63, 3.8) is 0 Å². The van der Waals surface area contributed by atoms with Crippen LogP contribution in [0.25, 0.3) is 16.4 Å². The van der Waals surface area contributed by atoms with Crippen molar-refractivity contribution < 1.29 is 9.59 Å². The fourth-order valence-electron chi connectivity index (χ4n) is 3.40. The number of thiophene rings is 1. The van der Waals surface area contributed by atoms with Gasteiger partial charge in [0.25, 0.3) is 5.91 Å². The van der Waals surface area contributed by atoms with Crippen molar-refractivity contribution in [2.24, 2.45) is 0 Å². The maximum atomic E-state index is 13.1. The van der Waals surface area contributed by atoms with E-state index in [1.165, 1.54) is 18.3 Å². The van der Waals surface area contributed by atoms with Crippen LogP contribution < -0.4 is 10.6 Å². The van der Waals surface area contributed by atoms with Crippen molar-refractivity contribution in [1.29, 1.82) is 0 Å². The Balaban J connectivity index is 1.56. The zero-order valence-electron chi connectivity index (χ0n) is 18.7. The van der Waals surface area contributed by atoms with Crippen LogP contribution in [0.3, 0.4) is 0 Å². The Labute approximate surface area is 199 Å². The van der Waals surface area contributed by atoms with Crippen LogP contribution in [0.2, 0.25) is 0 Å². The number of carbonyl (C=O) groups is 2. The standard InChI is InChI=1S/C23H24N6O2S2/c1-13(2)21-17(12-26-29(21)19-7-5-6-10-24-19)22(31)28-23-27-20(14(3)32-23)18-9-8-16(33-18)11-25-15(4)30/h5-10,12-13H,11H2,1-4H3,(H,25,30)(H,27,28,31). The second-order valence-corrected chi connectivity index (χ2v) is 10.1. The van der Waals surface area contributed by atoms with E-state index in [4.69, 9.17) is 0 Å². The van der Waals surface area contributed by atoms with Crippen LogP contribution >= 0.6 is 22.7 Å². The minimum Gasteiger partial charge on any atom is -0.351 e. The van der Waals surface area contributed by atoms with E-state index in [0.29, 0.717) is 23.1 Å². The number of pyridine rings is 1. The molecule has 0 aliphatic carbocycles. The highest BCUT2D eigenvalue weighted by Gasteiger charge is 2.23. The number of thiazole rings is 1. The first-order valence-electron chi connectivity index (χ1n) is 10.4. The second-order valence-electron chi connectivity index (χ2n) is 7.75. The molecule has 0 saturated heterocycles. The lowest BCUT2D eigenvalue weighted by Crippen LogP contribution is -2.17. The van der Waals surface area contributed by atoms with Gasteiger partial charge in [0, 0.05) is 22.9 Å². The first kappa shape index (κ1) is 22.8. The Morgan fingerprint density at radius 1 is 1.15 bits per heavy atom. The number of amides is 2. The molecule has 4 heterocycles. The summed E-state index contributed by atoms with van der Waals surface area (Å²) in [5, 5.41) is 10.7. The van der Waals surface area contributed by atoms with Gasteiger partial charge >= 0.3 is 0 Å². The molecule has 0 radical (unpaired) electrons. The molecule has 0 saturated carbocycles. The van der Waals surface area contributed by atoms with Crippen LogP contribution in [0, 0.1) is 6.92 Å². The molecular formula is C23H24N6O2S2. The summed E-state index contributed by atoms with van der Waals surface area (Å²) in [5.74, 6) is 0.419. The fraction of sp³-hybridized carbons (Fsp3) is 0.261. The van der Waals surface area contributed by atoms with Crippen molar-refractivity contribution in [3.8, 4) is 16.4 Å². The minimum atomic E-state index is -0.251. The fourth-order valence-corrected chi connectivity index (χ4v) is 5.29. The van der Waals surface area contributed by atoms with Crippen molar-refractivity contribution in [1.82, 2.24) is 25.1 Å². The Hall–Kier alpha value is -3.37. The van der Waals surface area contributed by atoms with Gasteiger partial charge in [-0.25, -0.2) is 14.6 Å². The summed E-state index contributed by atoms with van der Waals surface area (Å²) in [4.78, 5) is 36.4. The largest absolute Gasteiger partial charge is 0.351 e. The summed E-state index contributed by atoms with van der Waals surface area (Å²) in [6.07, 6.45) is 3.28. The van der Waals surface area contributed by atoms with Crippen molar-refractivity contribution >= 4 is 39.6 Å². The maximum absolute atomic E-state index is 13.1. The van der Waals surface area contributed by atoms with Crippen LogP contribution in [-0.4, -0.2) is 31.6 Å². The molecule has 2 N–H and O–H groups in total. The van der Waals surface area contributed by atoms with Gasteiger partial charge in [-0.1, -0.05) is 19.9 Å². The topological polar surface area (TPSA) is 102 Å². The van der Waals surface area contributed by atoms with Crippen molar-refractivity contribution in [2.75, 3.05) is 5.32 Å². The molecule has 4 aromatic heterocycles. The molecule has 8 nitrogen and oxygen atoms in total. The van der Waals surface area contributed by atoms with E-state index in [0.717, 1.165) is 26.0 Å². The third-order valence-electron chi connectivity index (χ3n) is 4.89. The number of aromatic nitrogens is 4. The Morgan fingerprint density at radius 3 is 2.67 bits per heavy atom. The van der Waals surface area contributed by atoms with Gasteiger partial charge in [-0.05, 0) is 37.1 Å². The lowest BCUT2D eigenvalue weighted by Gasteiger charge is -2.11. The number of rotatable bonds is 7. The van der Waals surface area contributed by atoms with E-state index in [-0.39, 0.29) is 17.7 Å². The third-order valence-corrected chi connectivity index (χ3v) is 6.87. The molecule has 33 heavy (non-hydrogen) atoms. The van der Waals surface area contributed by atoms with Gasteiger partial charge in [0.1, 0.15) is 0 Å². The molecule has 0 spiro atoms. The van der Waals surface area contributed by atoms with Crippen LogP contribution in [0.4, 0.5) is 5.13 Å². The highest BCUT2D eigenvalue weighted by molar-refractivity contribution is 7.18.